The second kappa shape index (κ2) is 8.51. The summed E-state index contributed by atoms with van der Waals surface area (Å²) in [6, 6.07) is 0. The molecule has 8 heteroatoms. The van der Waals surface area contributed by atoms with Crippen molar-refractivity contribution in [2.24, 2.45) is 0 Å². The molecule has 22 heavy (non-hydrogen) atoms. The van der Waals surface area contributed by atoms with E-state index in [-0.39, 0.29) is 26.1 Å². The number of rotatable bonds is 6. The smallest absolute Gasteiger partial charge is 0.160 e. The first-order valence-electron chi connectivity index (χ1n) is 7.72. The zero-order valence-electron chi connectivity index (χ0n) is 12.7. The van der Waals surface area contributed by atoms with Gasteiger partial charge in [-0.1, -0.05) is 0 Å². The van der Waals surface area contributed by atoms with Crippen molar-refractivity contribution < 1.29 is 39.4 Å². The molecule has 130 valence electrons. The summed E-state index contributed by atoms with van der Waals surface area (Å²) in [5.74, 6) is 0. The average molecular weight is 322 g/mol. The molecule has 0 spiro atoms. The van der Waals surface area contributed by atoms with Gasteiger partial charge in [-0.15, -0.1) is 0 Å². The Morgan fingerprint density at radius 1 is 1.00 bits per heavy atom. The lowest BCUT2D eigenvalue weighted by atomic mass is 10.0. The Hall–Kier alpha value is -0.320. The second-order valence-electron chi connectivity index (χ2n) is 5.68. The SMILES string of the molecule is CCO[C@@H]1CC(O)[C@H](O)C(COC2C[C@@H](O)CC(CO)O2)O1. The molecule has 2 aliphatic rings. The Morgan fingerprint density at radius 3 is 2.41 bits per heavy atom. The highest BCUT2D eigenvalue weighted by atomic mass is 16.7. The van der Waals surface area contributed by atoms with Gasteiger partial charge in [0.1, 0.15) is 12.2 Å². The van der Waals surface area contributed by atoms with Gasteiger partial charge in [0, 0.05) is 25.9 Å². The molecule has 8 nitrogen and oxygen atoms in total. The quantitative estimate of drug-likeness (QED) is 0.478. The van der Waals surface area contributed by atoms with Crippen LogP contribution in [0.1, 0.15) is 26.2 Å². The van der Waals surface area contributed by atoms with E-state index in [4.69, 9.17) is 24.1 Å². The number of hydrogen-bond acceptors (Lipinski definition) is 8. The Kier molecular flexibility index (Phi) is 6.97. The minimum atomic E-state index is -1.07. The van der Waals surface area contributed by atoms with Crippen LogP contribution in [0.4, 0.5) is 0 Å². The van der Waals surface area contributed by atoms with Crippen molar-refractivity contribution in [3.8, 4) is 0 Å². The summed E-state index contributed by atoms with van der Waals surface area (Å²) < 4.78 is 21.9. The lowest BCUT2D eigenvalue weighted by Gasteiger charge is -2.38. The van der Waals surface area contributed by atoms with Crippen LogP contribution in [0.5, 0.6) is 0 Å². The van der Waals surface area contributed by atoms with Crippen LogP contribution in [0.15, 0.2) is 0 Å². The van der Waals surface area contributed by atoms with Crippen LogP contribution in [-0.4, -0.2) is 83.3 Å². The molecule has 0 saturated carbocycles. The van der Waals surface area contributed by atoms with E-state index in [1.165, 1.54) is 0 Å². The summed E-state index contributed by atoms with van der Waals surface area (Å²) >= 11 is 0. The zero-order valence-corrected chi connectivity index (χ0v) is 12.7. The molecule has 0 aromatic heterocycles. The van der Waals surface area contributed by atoms with E-state index in [1.807, 2.05) is 6.92 Å². The fourth-order valence-electron chi connectivity index (χ4n) is 2.72. The van der Waals surface area contributed by atoms with Gasteiger partial charge in [-0.05, 0) is 6.92 Å². The lowest BCUT2D eigenvalue weighted by Crippen LogP contribution is -2.51. The van der Waals surface area contributed by atoms with Gasteiger partial charge in [-0.2, -0.15) is 0 Å². The molecule has 0 aromatic carbocycles. The van der Waals surface area contributed by atoms with Crippen molar-refractivity contribution in [3.05, 3.63) is 0 Å². The van der Waals surface area contributed by atoms with Crippen LogP contribution >= 0.6 is 0 Å². The molecule has 7 atom stereocenters. The highest BCUT2D eigenvalue weighted by molar-refractivity contribution is 4.83. The molecule has 2 fully saturated rings. The van der Waals surface area contributed by atoms with Crippen molar-refractivity contribution in [1.82, 2.24) is 0 Å². The highest BCUT2D eigenvalue weighted by Crippen LogP contribution is 2.24. The van der Waals surface area contributed by atoms with Gasteiger partial charge in [0.25, 0.3) is 0 Å². The molecule has 0 amide bonds. The predicted molar refractivity (Wildman–Crippen MR) is 73.9 cm³/mol. The third-order valence-electron chi connectivity index (χ3n) is 3.88. The average Bonchev–Trinajstić information content (AvgIpc) is 2.49. The van der Waals surface area contributed by atoms with Crippen LogP contribution < -0.4 is 0 Å². The third kappa shape index (κ3) is 4.84. The number of ether oxygens (including phenoxy) is 4. The summed E-state index contributed by atoms with van der Waals surface area (Å²) in [4.78, 5) is 0. The van der Waals surface area contributed by atoms with Gasteiger partial charge in [0.2, 0.25) is 0 Å². The van der Waals surface area contributed by atoms with Gasteiger partial charge in [-0.3, -0.25) is 0 Å². The van der Waals surface area contributed by atoms with Crippen LogP contribution in [0.3, 0.4) is 0 Å². The summed E-state index contributed by atoms with van der Waals surface area (Å²) in [6.07, 6.45) is -4.22. The predicted octanol–water partition coefficient (Wildman–Crippen LogP) is -1.27. The highest BCUT2D eigenvalue weighted by Gasteiger charge is 2.38. The molecule has 0 bridgehead atoms. The first-order valence-corrected chi connectivity index (χ1v) is 7.72. The molecule has 0 aromatic rings. The van der Waals surface area contributed by atoms with E-state index in [2.05, 4.69) is 0 Å². The topological polar surface area (TPSA) is 118 Å². The van der Waals surface area contributed by atoms with E-state index in [9.17, 15) is 15.3 Å². The first kappa shape index (κ1) is 18.0. The monoisotopic (exact) mass is 322 g/mol. The van der Waals surface area contributed by atoms with Crippen molar-refractivity contribution in [2.75, 3.05) is 19.8 Å². The van der Waals surface area contributed by atoms with E-state index >= 15 is 0 Å². The van der Waals surface area contributed by atoms with Crippen LogP contribution in [0.25, 0.3) is 0 Å². The van der Waals surface area contributed by atoms with E-state index in [1.54, 1.807) is 0 Å². The Bertz CT molecular complexity index is 328. The van der Waals surface area contributed by atoms with Crippen molar-refractivity contribution in [1.29, 1.82) is 0 Å². The fourth-order valence-corrected chi connectivity index (χ4v) is 2.72. The Morgan fingerprint density at radius 2 is 1.73 bits per heavy atom. The van der Waals surface area contributed by atoms with Crippen LogP contribution in [-0.2, 0) is 18.9 Å². The maximum Gasteiger partial charge on any atom is 0.160 e. The number of hydrogen-bond donors (Lipinski definition) is 4. The zero-order chi connectivity index (χ0) is 16.1. The summed E-state index contributed by atoms with van der Waals surface area (Å²) in [7, 11) is 0. The number of aliphatic hydroxyl groups excluding tert-OH is 4. The van der Waals surface area contributed by atoms with E-state index in [0.717, 1.165) is 0 Å². The standard InChI is InChI=1S/C14H26O8/c1-2-19-13-5-10(17)14(18)11(22-13)7-20-12-4-8(16)3-9(6-15)21-12/h8-18H,2-7H2,1H3/t8-,9?,10?,11?,12?,13-,14-/m0/s1. The van der Waals surface area contributed by atoms with Gasteiger partial charge < -0.3 is 39.4 Å². The molecule has 2 rings (SSSR count). The fraction of sp³-hybridized carbons (Fsp3) is 1.00. The Labute approximate surface area is 129 Å². The molecule has 0 radical (unpaired) electrons. The van der Waals surface area contributed by atoms with Crippen molar-refractivity contribution >= 4 is 0 Å². The summed E-state index contributed by atoms with van der Waals surface area (Å²) in [5.41, 5.74) is 0. The molecule has 2 heterocycles. The van der Waals surface area contributed by atoms with E-state index < -0.39 is 43.1 Å². The maximum absolute atomic E-state index is 9.96. The maximum atomic E-state index is 9.96. The van der Waals surface area contributed by atoms with Gasteiger partial charge >= 0.3 is 0 Å². The van der Waals surface area contributed by atoms with Crippen molar-refractivity contribution in [3.63, 3.8) is 0 Å². The molecule has 2 saturated heterocycles. The van der Waals surface area contributed by atoms with Gasteiger partial charge in [0.05, 0.1) is 31.5 Å². The van der Waals surface area contributed by atoms with Crippen LogP contribution in [0.2, 0.25) is 0 Å². The van der Waals surface area contributed by atoms with Crippen molar-refractivity contribution in [2.45, 2.75) is 69.3 Å². The minimum absolute atomic E-state index is 0.00264. The molecular weight excluding hydrogens is 296 g/mol. The molecule has 0 aliphatic carbocycles. The normalized spacial score (nSPS) is 43.2. The van der Waals surface area contributed by atoms with Gasteiger partial charge in [-0.25, -0.2) is 0 Å². The van der Waals surface area contributed by atoms with Crippen LogP contribution in [0, 0.1) is 0 Å². The molecule has 2 aliphatic heterocycles. The second-order valence-corrected chi connectivity index (χ2v) is 5.68. The third-order valence-corrected chi connectivity index (χ3v) is 3.88. The molecule has 4 N–H and O–H groups in total. The first-order chi connectivity index (χ1) is 10.5. The summed E-state index contributed by atoms with van der Waals surface area (Å²) in [6.45, 7) is 2.07. The number of aliphatic hydroxyl groups is 4. The minimum Gasteiger partial charge on any atom is -0.394 e. The Balaban J connectivity index is 1.83. The molecule has 4 unspecified atom stereocenters. The van der Waals surface area contributed by atoms with Gasteiger partial charge in [0.15, 0.2) is 12.6 Å². The van der Waals surface area contributed by atoms with E-state index in [0.29, 0.717) is 13.0 Å². The summed E-state index contributed by atoms with van der Waals surface area (Å²) in [5, 5.41) is 38.6. The molecular formula is C14H26O8. The lowest BCUT2D eigenvalue weighted by molar-refractivity contribution is -0.281. The largest absolute Gasteiger partial charge is 0.394 e.